The molecule has 0 spiro atoms. The molecule has 0 heterocycles. The fourth-order valence-electron chi connectivity index (χ4n) is 0.930. The zero-order valence-corrected chi connectivity index (χ0v) is 9.47. The second-order valence-electron chi connectivity index (χ2n) is 2.72. The minimum absolute atomic E-state index is 0. The number of rotatable bonds is 1. The zero-order chi connectivity index (χ0) is 13.4. The van der Waals surface area contributed by atoms with E-state index < -0.39 is 17.6 Å². The summed E-state index contributed by atoms with van der Waals surface area (Å²) in [5, 5.41) is 13.9. The first-order valence-electron chi connectivity index (χ1n) is 4.23. The average molecular weight is 301 g/mol. The number of hydrogen-bond donors (Lipinski definition) is 2. The zero-order valence-electron chi connectivity index (χ0n) is 8.71. The normalized spacial score (nSPS) is 8.11. The maximum atomic E-state index is 11.1. The van der Waals surface area contributed by atoms with Gasteiger partial charge in [-0.3, -0.25) is 0 Å². The molecular weight excluding hydrogens is 291 g/mol. The van der Waals surface area contributed by atoms with Crippen LogP contribution in [0.25, 0.3) is 0 Å². The van der Waals surface area contributed by atoms with Gasteiger partial charge in [-0.2, -0.15) is 0 Å². The van der Waals surface area contributed by atoms with Crippen molar-refractivity contribution >= 4 is 80.5 Å². The predicted molar refractivity (Wildman–Crippen MR) is 65.6 cm³/mol. The number of aryl methyl sites for hydroxylation is 1. The molecule has 0 aromatic heterocycles. The van der Waals surface area contributed by atoms with Crippen LogP contribution >= 0.6 is 11.6 Å². The van der Waals surface area contributed by atoms with E-state index >= 15 is 0 Å². The first-order chi connectivity index (χ1) is 7.84. The van der Waals surface area contributed by atoms with Gasteiger partial charge < -0.3 is 14.9 Å². The van der Waals surface area contributed by atoms with Crippen LogP contribution in [0.2, 0.25) is 0 Å². The van der Waals surface area contributed by atoms with Crippen molar-refractivity contribution in [2.75, 3.05) is 0 Å². The van der Waals surface area contributed by atoms with Crippen molar-refractivity contribution < 1.29 is 29.3 Å². The van der Waals surface area contributed by atoms with Gasteiger partial charge in [0.25, 0.3) is 0 Å². The van der Waals surface area contributed by atoms with Crippen molar-refractivity contribution in [1.82, 2.24) is 0 Å². The van der Waals surface area contributed by atoms with E-state index in [0.717, 1.165) is 5.56 Å². The fraction of sp³-hybridized carbons (Fsp3) is 0.100. The Hall–Kier alpha value is -0.444. The van der Waals surface area contributed by atoms with E-state index in [1.807, 2.05) is 0 Å². The molecular formula is C10H10ClKO6. The number of benzene rings is 1. The van der Waals surface area contributed by atoms with Gasteiger partial charge in [0, 0.05) is 11.6 Å². The molecule has 1 rings (SSSR count). The Morgan fingerprint density at radius 3 is 2.00 bits per heavy atom. The summed E-state index contributed by atoms with van der Waals surface area (Å²) in [6, 6.07) is 6.78. The SMILES string of the molecule is Cc1ccccc1C(=O)OC(=O)Cl.O=C(O)O.[KH]. The van der Waals surface area contributed by atoms with Gasteiger partial charge in [0.15, 0.2) is 0 Å². The molecule has 0 aliphatic rings. The van der Waals surface area contributed by atoms with Gasteiger partial charge in [-0.1, -0.05) is 18.2 Å². The van der Waals surface area contributed by atoms with Crippen LogP contribution in [-0.4, -0.2) is 79.2 Å². The first-order valence-corrected chi connectivity index (χ1v) is 4.61. The van der Waals surface area contributed by atoms with Crippen molar-refractivity contribution in [3.05, 3.63) is 35.4 Å². The monoisotopic (exact) mass is 300 g/mol. The number of hydrogen-bond acceptors (Lipinski definition) is 4. The predicted octanol–water partition coefficient (Wildman–Crippen LogP) is 2.08. The van der Waals surface area contributed by atoms with Crippen molar-refractivity contribution in [1.29, 1.82) is 0 Å². The van der Waals surface area contributed by atoms with Crippen molar-refractivity contribution in [2.45, 2.75) is 6.92 Å². The third-order valence-corrected chi connectivity index (χ3v) is 1.62. The average Bonchev–Trinajstić information content (AvgIpc) is 2.16. The molecule has 0 amide bonds. The molecule has 0 saturated heterocycles. The third-order valence-electron chi connectivity index (χ3n) is 1.54. The molecule has 8 heteroatoms. The topological polar surface area (TPSA) is 101 Å². The minimum atomic E-state index is -1.83. The van der Waals surface area contributed by atoms with E-state index in [1.165, 1.54) is 0 Å². The first kappa shape index (κ1) is 19.9. The van der Waals surface area contributed by atoms with E-state index in [4.69, 9.17) is 26.6 Å². The van der Waals surface area contributed by atoms with Gasteiger partial charge in [0.1, 0.15) is 0 Å². The summed E-state index contributed by atoms with van der Waals surface area (Å²) in [4.78, 5) is 30.0. The quantitative estimate of drug-likeness (QED) is 0.356. The number of esters is 1. The molecule has 0 atom stereocenters. The summed E-state index contributed by atoms with van der Waals surface area (Å²) in [7, 11) is 0. The Balaban J connectivity index is 0. The number of ether oxygens (including phenoxy) is 1. The van der Waals surface area contributed by atoms with Crippen LogP contribution in [0, 0.1) is 6.92 Å². The third kappa shape index (κ3) is 9.57. The van der Waals surface area contributed by atoms with Gasteiger partial charge in [0.2, 0.25) is 0 Å². The number of carbonyl (C=O) groups excluding carboxylic acids is 2. The van der Waals surface area contributed by atoms with Gasteiger partial charge >= 0.3 is 68.9 Å². The van der Waals surface area contributed by atoms with Gasteiger partial charge in [-0.15, -0.1) is 0 Å². The van der Waals surface area contributed by atoms with Crippen LogP contribution in [0.4, 0.5) is 9.59 Å². The van der Waals surface area contributed by atoms with Crippen LogP contribution in [0.15, 0.2) is 24.3 Å². The van der Waals surface area contributed by atoms with E-state index in [0.29, 0.717) is 5.56 Å². The second-order valence-corrected chi connectivity index (χ2v) is 3.03. The molecule has 18 heavy (non-hydrogen) atoms. The molecule has 0 aliphatic carbocycles. The standard InChI is InChI=1S/C9H7ClO3.CH2O3.K.H/c1-6-4-2-3-5-7(6)8(11)13-9(10)12;2-1(3)4;;/h2-5H,1H3;(H2,2,3,4);;. The Bertz CT molecular complexity index is 430. The fourth-order valence-corrected chi connectivity index (χ4v) is 1.000. The van der Waals surface area contributed by atoms with Crippen LogP contribution in [0.3, 0.4) is 0 Å². The van der Waals surface area contributed by atoms with Gasteiger partial charge in [0.05, 0.1) is 5.56 Å². The summed E-state index contributed by atoms with van der Waals surface area (Å²) >= 11 is 4.89. The van der Waals surface area contributed by atoms with E-state index in [9.17, 15) is 9.59 Å². The van der Waals surface area contributed by atoms with Crippen molar-refractivity contribution in [2.24, 2.45) is 0 Å². The van der Waals surface area contributed by atoms with Crippen LogP contribution in [-0.2, 0) is 4.74 Å². The molecule has 0 aliphatic heterocycles. The van der Waals surface area contributed by atoms with E-state index in [-0.39, 0.29) is 51.4 Å². The Morgan fingerprint density at radius 1 is 1.17 bits per heavy atom. The molecule has 0 unspecified atom stereocenters. The summed E-state index contributed by atoms with van der Waals surface area (Å²) in [6.07, 6.45) is -1.83. The molecule has 0 bridgehead atoms. The number of carbonyl (C=O) groups is 3. The Morgan fingerprint density at radius 2 is 1.61 bits per heavy atom. The summed E-state index contributed by atoms with van der Waals surface area (Å²) < 4.78 is 4.20. The molecule has 1 aromatic rings. The molecule has 1 aromatic carbocycles. The van der Waals surface area contributed by atoms with Crippen LogP contribution in [0.1, 0.15) is 15.9 Å². The molecule has 0 saturated carbocycles. The second kappa shape index (κ2) is 10.5. The van der Waals surface area contributed by atoms with E-state index in [1.54, 1.807) is 31.2 Å². The molecule has 0 fully saturated rings. The summed E-state index contributed by atoms with van der Waals surface area (Å²) in [5.41, 5.74) is -0.0323. The van der Waals surface area contributed by atoms with E-state index in [2.05, 4.69) is 4.74 Å². The maximum absolute atomic E-state index is 11.1. The van der Waals surface area contributed by atoms with Crippen molar-refractivity contribution in [3.63, 3.8) is 0 Å². The molecule has 0 radical (unpaired) electrons. The van der Waals surface area contributed by atoms with Crippen molar-refractivity contribution in [3.8, 4) is 0 Å². The summed E-state index contributed by atoms with van der Waals surface area (Å²) in [6.45, 7) is 1.75. The van der Waals surface area contributed by atoms with Crippen LogP contribution in [0.5, 0.6) is 0 Å². The Labute approximate surface area is 150 Å². The van der Waals surface area contributed by atoms with Gasteiger partial charge in [-0.05, 0) is 18.6 Å². The molecule has 94 valence electrons. The molecule has 6 nitrogen and oxygen atoms in total. The van der Waals surface area contributed by atoms with Crippen LogP contribution < -0.4 is 0 Å². The number of halogens is 1. The molecule has 2 N–H and O–H groups in total. The number of carboxylic acid groups (broad SMARTS) is 2. The Kier molecular flexibility index (Phi) is 11.6. The van der Waals surface area contributed by atoms with Gasteiger partial charge in [-0.25, -0.2) is 14.4 Å². The summed E-state index contributed by atoms with van der Waals surface area (Å²) in [5.74, 6) is -0.724.